The zero-order chi connectivity index (χ0) is 10.7. The second-order valence-corrected chi connectivity index (χ2v) is 2.99. The summed E-state index contributed by atoms with van der Waals surface area (Å²) in [5, 5.41) is 8.86. The molecule has 1 N–H and O–H groups in total. The van der Waals surface area contributed by atoms with E-state index in [1.54, 1.807) is 7.11 Å². The molecule has 1 aromatic carbocycles. The van der Waals surface area contributed by atoms with Crippen molar-refractivity contribution in [1.29, 1.82) is 0 Å². The van der Waals surface area contributed by atoms with Gasteiger partial charge in [0, 0.05) is 0 Å². The molecule has 0 unspecified atom stereocenters. The van der Waals surface area contributed by atoms with E-state index < -0.39 is 0 Å². The third-order valence-electron chi connectivity index (χ3n) is 2.05. The van der Waals surface area contributed by atoms with E-state index >= 15 is 0 Å². The van der Waals surface area contributed by atoms with Crippen molar-refractivity contribution in [3.8, 4) is 17.2 Å². The topological polar surface area (TPSA) is 55.5 Å². The van der Waals surface area contributed by atoms with E-state index in [1.807, 2.05) is 24.3 Å². The first kappa shape index (κ1) is 9.73. The Morgan fingerprint density at radius 1 is 1.40 bits per heavy atom. The summed E-state index contributed by atoms with van der Waals surface area (Å²) < 4.78 is 10.5. The third kappa shape index (κ3) is 1.85. The lowest BCUT2D eigenvalue weighted by Gasteiger charge is -2.03. The van der Waals surface area contributed by atoms with Gasteiger partial charge in [0.1, 0.15) is 18.1 Å². The lowest BCUT2D eigenvalue weighted by molar-refractivity contribution is 0.248. The van der Waals surface area contributed by atoms with Gasteiger partial charge < -0.3 is 14.3 Å². The number of rotatable bonds is 3. The maximum Gasteiger partial charge on any atom is 0.230 e. The first-order valence-corrected chi connectivity index (χ1v) is 4.54. The van der Waals surface area contributed by atoms with Gasteiger partial charge in [0.2, 0.25) is 5.89 Å². The van der Waals surface area contributed by atoms with Gasteiger partial charge in [-0.25, -0.2) is 4.98 Å². The summed E-state index contributed by atoms with van der Waals surface area (Å²) in [6, 6.07) is 7.43. The van der Waals surface area contributed by atoms with Gasteiger partial charge in [-0.15, -0.1) is 0 Å². The standard InChI is InChI=1S/C11H11NO3/c1-14-10-5-3-2-4-9(10)11-12-6-8(7-13)15-11/h2-6,13H,7H2,1H3. The summed E-state index contributed by atoms with van der Waals surface area (Å²) >= 11 is 0. The molecule has 0 aliphatic carbocycles. The molecule has 0 fully saturated rings. The molecule has 2 rings (SSSR count). The molecule has 0 spiro atoms. The van der Waals surface area contributed by atoms with Gasteiger partial charge in [0.25, 0.3) is 0 Å². The van der Waals surface area contributed by atoms with Crippen LogP contribution in [0.2, 0.25) is 0 Å². The second kappa shape index (κ2) is 4.14. The number of para-hydroxylation sites is 1. The van der Waals surface area contributed by atoms with Crippen LogP contribution in [0.4, 0.5) is 0 Å². The van der Waals surface area contributed by atoms with Crippen LogP contribution in [0, 0.1) is 0 Å². The lowest BCUT2D eigenvalue weighted by atomic mass is 10.2. The highest BCUT2D eigenvalue weighted by Gasteiger charge is 2.10. The summed E-state index contributed by atoms with van der Waals surface area (Å²) in [6.45, 7) is -0.151. The van der Waals surface area contributed by atoms with Crippen molar-refractivity contribution in [1.82, 2.24) is 4.98 Å². The fourth-order valence-electron chi connectivity index (χ4n) is 1.33. The Labute approximate surface area is 87.1 Å². The monoisotopic (exact) mass is 205 g/mol. The van der Waals surface area contributed by atoms with E-state index in [2.05, 4.69) is 4.98 Å². The minimum absolute atomic E-state index is 0.151. The molecule has 0 saturated carbocycles. The summed E-state index contributed by atoms with van der Waals surface area (Å²) in [6.07, 6.45) is 1.50. The number of aliphatic hydroxyl groups is 1. The lowest BCUT2D eigenvalue weighted by Crippen LogP contribution is -1.86. The zero-order valence-corrected chi connectivity index (χ0v) is 8.30. The first-order valence-electron chi connectivity index (χ1n) is 4.54. The van der Waals surface area contributed by atoms with E-state index in [1.165, 1.54) is 6.20 Å². The van der Waals surface area contributed by atoms with Crippen molar-refractivity contribution in [2.45, 2.75) is 6.61 Å². The molecule has 0 aliphatic rings. The number of nitrogens with zero attached hydrogens (tertiary/aromatic N) is 1. The van der Waals surface area contributed by atoms with Gasteiger partial charge in [0.05, 0.1) is 18.9 Å². The molecule has 78 valence electrons. The minimum atomic E-state index is -0.151. The maximum atomic E-state index is 8.86. The van der Waals surface area contributed by atoms with Crippen molar-refractivity contribution < 1.29 is 14.3 Å². The van der Waals surface area contributed by atoms with Crippen molar-refractivity contribution in [2.75, 3.05) is 7.11 Å². The summed E-state index contributed by atoms with van der Waals surface area (Å²) in [5.41, 5.74) is 0.778. The van der Waals surface area contributed by atoms with Crippen LogP contribution in [0.5, 0.6) is 5.75 Å². The number of methoxy groups -OCH3 is 1. The highest BCUT2D eigenvalue weighted by molar-refractivity contribution is 5.62. The van der Waals surface area contributed by atoms with E-state index in [9.17, 15) is 0 Å². The summed E-state index contributed by atoms with van der Waals surface area (Å²) in [4.78, 5) is 4.06. The van der Waals surface area contributed by atoms with Crippen molar-refractivity contribution in [3.05, 3.63) is 36.2 Å². The molecule has 4 nitrogen and oxygen atoms in total. The molecule has 15 heavy (non-hydrogen) atoms. The second-order valence-electron chi connectivity index (χ2n) is 2.99. The number of hydrogen-bond acceptors (Lipinski definition) is 4. The smallest absolute Gasteiger partial charge is 0.230 e. The van der Waals surface area contributed by atoms with E-state index in [-0.39, 0.29) is 6.61 Å². The number of ether oxygens (including phenoxy) is 1. The molecular formula is C11H11NO3. The molecule has 0 atom stereocenters. The number of oxazole rings is 1. The maximum absolute atomic E-state index is 8.86. The zero-order valence-electron chi connectivity index (χ0n) is 8.30. The molecule has 0 saturated heterocycles. The Balaban J connectivity index is 2.44. The predicted octanol–water partition coefficient (Wildman–Crippen LogP) is 1.84. The summed E-state index contributed by atoms with van der Waals surface area (Å²) in [7, 11) is 1.59. The molecular weight excluding hydrogens is 194 g/mol. The fraction of sp³-hybridized carbons (Fsp3) is 0.182. The van der Waals surface area contributed by atoms with Gasteiger partial charge in [0.15, 0.2) is 0 Å². The Morgan fingerprint density at radius 2 is 2.20 bits per heavy atom. The average molecular weight is 205 g/mol. The van der Waals surface area contributed by atoms with E-state index in [0.29, 0.717) is 17.4 Å². The normalized spacial score (nSPS) is 10.3. The van der Waals surface area contributed by atoms with Crippen molar-refractivity contribution in [2.24, 2.45) is 0 Å². The Morgan fingerprint density at radius 3 is 2.87 bits per heavy atom. The largest absolute Gasteiger partial charge is 0.496 e. The first-order chi connectivity index (χ1) is 7.35. The van der Waals surface area contributed by atoms with Crippen LogP contribution in [0.1, 0.15) is 5.76 Å². The third-order valence-corrected chi connectivity index (χ3v) is 2.05. The minimum Gasteiger partial charge on any atom is -0.496 e. The number of hydrogen-bond donors (Lipinski definition) is 1. The number of benzene rings is 1. The number of aromatic nitrogens is 1. The quantitative estimate of drug-likeness (QED) is 0.830. The van der Waals surface area contributed by atoms with Crippen LogP contribution in [0.3, 0.4) is 0 Å². The Kier molecular flexibility index (Phi) is 2.69. The van der Waals surface area contributed by atoms with Crippen LogP contribution in [0.25, 0.3) is 11.5 Å². The SMILES string of the molecule is COc1ccccc1-c1ncc(CO)o1. The number of aliphatic hydroxyl groups excluding tert-OH is 1. The van der Waals surface area contributed by atoms with Crippen molar-refractivity contribution in [3.63, 3.8) is 0 Å². The molecule has 0 aliphatic heterocycles. The van der Waals surface area contributed by atoms with Crippen LogP contribution >= 0.6 is 0 Å². The molecule has 0 radical (unpaired) electrons. The Hall–Kier alpha value is -1.81. The highest BCUT2D eigenvalue weighted by Crippen LogP contribution is 2.28. The molecule has 1 aromatic heterocycles. The van der Waals surface area contributed by atoms with Crippen LogP contribution in [-0.4, -0.2) is 17.2 Å². The average Bonchev–Trinajstić information content (AvgIpc) is 2.77. The Bertz CT molecular complexity index is 451. The van der Waals surface area contributed by atoms with Gasteiger partial charge >= 0.3 is 0 Å². The molecule has 4 heteroatoms. The van der Waals surface area contributed by atoms with Gasteiger partial charge in [-0.05, 0) is 12.1 Å². The van der Waals surface area contributed by atoms with Crippen molar-refractivity contribution >= 4 is 0 Å². The predicted molar refractivity (Wildman–Crippen MR) is 54.4 cm³/mol. The highest BCUT2D eigenvalue weighted by atomic mass is 16.5. The molecule has 1 heterocycles. The van der Waals surface area contributed by atoms with E-state index in [4.69, 9.17) is 14.3 Å². The molecule has 0 bridgehead atoms. The van der Waals surface area contributed by atoms with Gasteiger partial charge in [-0.2, -0.15) is 0 Å². The van der Waals surface area contributed by atoms with Crippen LogP contribution in [-0.2, 0) is 6.61 Å². The van der Waals surface area contributed by atoms with Crippen LogP contribution in [0.15, 0.2) is 34.9 Å². The summed E-state index contributed by atoms with van der Waals surface area (Å²) in [5.74, 6) is 1.59. The van der Waals surface area contributed by atoms with Crippen LogP contribution < -0.4 is 4.74 Å². The molecule has 0 amide bonds. The van der Waals surface area contributed by atoms with E-state index in [0.717, 1.165) is 5.56 Å². The van der Waals surface area contributed by atoms with Gasteiger partial charge in [-0.1, -0.05) is 12.1 Å². The van der Waals surface area contributed by atoms with Gasteiger partial charge in [-0.3, -0.25) is 0 Å². The molecule has 2 aromatic rings. The fourth-order valence-corrected chi connectivity index (χ4v) is 1.33.